The summed E-state index contributed by atoms with van der Waals surface area (Å²) >= 11 is 0. The van der Waals surface area contributed by atoms with Crippen LogP contribution in [0.1, 0.15) is 16.1 Å². The molecule has 0 saturated heterocycles. The number of carbonyl (C=O) groups is 1. The number of nitrogens with zero attached hydrogens (tertiary/aromatic N) is 3. The van der Waals surface area contributed by atoms with Gasteiger partial charge >= 0.3 is 5.97 Å². The van der Waals surface area contributed by atoms with Crippen molar-refractivity contribution in [2.24, 2.45) is 7.05 Å². The molecule has 2 aromatic rings. The van der Waals surface area contributed by atoms with Crippen molar-refractivity contribution >= 4 is 11.8 Å². The van der Waals surface area contributed by atoms with Gasteiger partial charge in [0.15, 0.2) is 0 Å². The Hall–Kier alpha value is -2.37. The van der Waals surface area contributed by atoms with Crippen molar-refractivity contribution in [2.45, 2.75) is 6.42 Å². The van der Waals surface area contributed by atoms with E-state index in [2.05, 4.69) is 15.4 Å². The lowest BCUT2D eigenvalue weighted by atomic mass is 10.2. The number of carbonyl (C=O) groups excluding carboxylic acids is 1. The van der Waals surface area contributed by atoms with E-state index in [0.29, 0.717) is 17.9 Å². The molecule has 0 aromatic carbocycles. The maximum atomic E-state index is 11.6. The largest absolute Gasteiger partial charge is 0.465 e. The SMILES string of the molecule is COC(=O)c1cccnc1NCCc1ccnn1C. The predicted molar refractivity (Wildman–Crippen MR) is 71.0 cm³/mol. The minimum absolute atomic E-state index is 0.392. The second kappa shape index (κ2) is 5.99. The molecular formula is C13H16N4O2. The fourth-order valence-electron chi connectivity index (χ4n) is 1.78. The molecule has 0 bridgehead atoms. The molecule has 19 heavy (non-hydrogen) atoms. The summed E-state index contributed by atoms with van der Waals surface area (Å²) in [5.41, 5.74) is 1.55. The van der Waals surface area contributed by atoms with E-state index in [0.717, 1.165) is 12.1 Å². The molecule has 6 heteroatoms. The Morgan fingerprint density at radius 2 is 2.26 bits per heavy atom. The van der Waals surface area contributed by atoms with Gasteiger partial charge in [-0.05, 0) is 18.2 Å². The molecule has 0 aliphatic heterocycles. The number of anilines is 1. The summed E-state index contributed by atoms with van der Waals surface area (Å²) < 4.78 is 6.54. The number of aryl methyl sites for hydroxylation is 1. The molecule has 1 N–H and O–H groups in total. The van der Waals surface area contributed by atoms with Gasteiger partial charge in [-0.15, -0.1) is 0 Å². The van der Waals surface area contributed by atoms with Crippen molar-refractivity contribution in [2.75, 3.05) is 19.0 Å². The molecule has 0 spiro atoms. The summed E-state index contributed by atoms with van der Waals surface area (Å²) in [6, 6.07) is 5.35. The van der Waals surface area contributed by atoms with Crippen LogP contribution in [0.25, 0.3) is 0 Å². The van der Waals surface area contributed by atoms with E-state index in [4.69, 9.17) is 4.74 Å². The standard InChI is InChI=1S/C13H16N4O2/c1-17-10(6-9-16-17)5-8-15-12-11(13(18)19-2)4-3-7-14-12/h3-4,6-7,9H,5,8H2,1-2H3,(H,14,15). The average Bonchev–Trinajstić information content (AvgIpc) is 2.84. The van der Waals surface area contributed by atoms with Crippen molar-refractivity contribution in [1.29, 1.82) is 0 Å². The van der Waals surface area contributed by atoms with Crippen LogP contribution < -0.4 is 5.32 Å². The molecule has 0 fully saturated rings. The molecule has 0 radical (unpaired) electrons. The van der Waals surface area contributed by atoms with Gasteiger partial charge in [0.05, 0.1) is 7.11 Å². The number of hydrogen-bond donors (Lipinski definition) is 1. The highest BCUT2D eigenvalue weighted by atomic mass is 16.5. The van der Waals surface area contributed by atoms with Gasteiger partial charge in [-0.25, -0.2) is 9.78 Å². The first-order valence-electron chi connectivity index (χ1n) is 5.96. The Labute approximate surface area is 111 Å². The van der Waals surface area contributed by atoms with Gasteiger partial charge in [0.25, 0.3) is 0 Å². The zero-order chi connectivity index (χ0) is 13.7. The predicted octanol–water partition coefficient (Wildman–Crippen LogP) is 1.26. The third kappa shape index (κ3) is 3.09. The van der Waals surface area contributed by atoms with Crippen molar-refractivity contribution in [1.82, 2.24) is 14.8 Å². The minimum atomic E-state index is -0.392. The summed E-state index contributed by atoms with van der Waals surface area (Å²) in [4.78, 5) is 15.7. The number of pyridine rings is 1. The second-order valence-corrected chi connectivity index (χ2v) is 4.01. The zero-order valence-corrected chi connectivity index (χ0v) is 11.0. The van der Waals surface area contributed by atoms with E-state index in [-0.39, 0.29) is 0 Å². The van der Waals surface area contributed by atoms with Gasteiger partial charge < -0.3 is 10.1 Å². The summed E-state index contributed by atoms with van der Waals surface area (Å²) in [6.07, 6.45) is 4.20. The lowest BCUT2D eigenvalue weighted by Gasteiger charge is -2.09. The quantitative estimate of drug-likeness (QED) is 0.819. The van der Waals surface area contributed by atoms with Gasteiger partial charge in [0.2, 0.25) is 0 Å². The van der Waals surface area contributed by atoms with E-state index >= 15 is 0 Å². The Bertz CT molecular complexity index is 565. The number of ether oxygens (including phenoxy) is 1. The number of hydrogen-bond acceptors (Lipinski definition) is 5. The highest BCUT2D eigenvalue weighted by Gasteiger charge is 2.11. The lowest BCUT2D eigenvalue weighted by molar-refractivity contribution is 0.0601. The molecule has 2 rings (SSSR count). The molecular weight excluding hydrogens is 244 g/mol. The fraction of sp³-hybridized carbons (Fsp3) is 0.308. The van der Waals surface area contributed by atoms with Crippen LogP contribution in [0, 0.1) is 0 Å². The summed E-state index contributed by atoms with van der Waals surface area (Å²) in [5, 5.41) is 7.24. The topological polar surface area (TPSA) is 69.0 Å². The third-order valence-electron chi connectivity index (χ3n) is 2.81. The maximum absolute atomic E-state index is 11.6. The fourth-order valence-corrected chi connectivity index (χ4v) is 1.78. The molecule has 0 aliphatic carbocycles. The van der Waals surface area contributed by atoms with Crippen molar-refractivity contribution < 1.29 is 9.53 Å². The molecule has 100 valence electrons. The van der Waals surface area contributed by atoms with Gasteiger partial charge in [0, 0.05) is 38.1 Å². The number of rotatable bonds is 5. The van der Waals surface area contributed by atoms with Crippen LogP contribution in [0.4, 0.5) is 5.82 Å². The van der Waals surface area contributed by atoms with E-state index in [9.17, 15) is 4.79 Å². The number of aromatic nitrogens is 3. The van der Waals surface area contributed by atoms with Crippen LogP contribution in [0.3, 0.4) is 0 Å². The van der Waals surface area contributed by atoms with Crippen LogP contribution >= 0.6 is 0 Å². The van der Waals surface area contributed by atoms with Crippen LogP contribution in [0.15, 0.2) is 30.6 Å². The zero-order valence-electron chi connectivity index (χ0n) is 11.0. The van der Waals surface area contributed by atoms with E-state index in [1.165, 1.54) is 7.11 Å². The first-order chi connectivity index (χ1) is 9.22. The molecule has 0 aliphatic rings. The number of methoxy groups -OCH3 is 1. The molecule has 2 heterocycles. The molecule has 0 atom stereocenters. The van der Waals surface area contributed by atoms with Crippen LogP contribution in [-0.2, 0) is 18.2 Å². The summed E-state index contributed by atoms with van der Waals surface area (Å²) in [6.45, 7) is 0.667. The molecule has 0 unspecified atom stereocenters. The summed E-state index contributed by atoms with van der Waals surface area (Å²) in [5.74, 6) is 0.146. The Morgan fingerprint density at radius 1 is 1.42 bits per heavy atom. The van der Waals surface area contributed by atoms with Crippen molar-refractivity contribution in [3.63, 3.8) is 0 Å². The Morgan fingerprint density at radius 3 is 2.95 bits per heavy atom. The normalized spacial score (nSPS) is 10.2. The van der Waals surface area contributed by atoms with Gasteiger partial charge in [-0.1, -0.05) is 0 Å². The molecule has 2 aromatic heterocycles. The van der Waals surface area contributed by atoms with Gasteiger partial charge in [-0.3, -0.25) is 4.68 Å². The Balaban J connectivity index is 2.00. The van der Waals surface area contributed by atoms with Crippen LogP contribution in [0.2, 0.25) is 0 Å². The van der Waals surface area contributed by atoms with Crippen LogP contribution in [-0.4, -0.2) is 34.4 Å². The summed E-state index contributed by atoms with van der Waals surface area (Å²) in [7, 11) is 3.25. The highest BCUT2D eigenvalue weighted by Crippen LogP contribution is 2.12. The van der Waals surface area contributed by atoms with E-state index < -0.39 is 5.97 Å². The monoisotopic (exact) mass is 260 g/mol. The second-order valence-electron chi connectivity index (χ2n) is 4.01. The van der Waals surface area contributed by atoms with Gasteiger partial charge in [-0.2, -0.15) is 5.10 Å². The number of esters is 1. The smallest absolute Gasteiger partial charge is 0.341 e. The van der Waals surface area contributed by atoms with Crippen molar-refractivity contribution in [3.05, 3.63) is 41.9 Å². The Kier molecular flexibility index (Phi) is 4.12. The third-order valence-corrected chi connectivity index (χ3v) is 2.81. The lowest BCUT2D eigenvalue weighted by Crippen LogP contribution is -2.13. The maximum Gasteiger partial charge on any atom is 0.341 e. The van der Waals surface area contributed by atoms with E-state index in [1.54, 1.807) is 24.5 Å². The van der Waals surface area contributed by atoms with E-state index in [1.807, 2.05) is 17.8 Å². The van der Waals surface area contributed by atoms with Crippen molar-refractivity contribution in [3.8, 4) is 0 Å². The molecule has 6 nitrogen and oxygen atoms in total. The first kappa shape index (κ1) is 13.1. The van der Waals surface area contributed by atoms with Gasteiger partial charge in [0.1, 0.15) is 11.4 Å². The average molecular weight is 260 g/mol. The minimum Gasteiger partial charge on any atom is -0.465 e. The number of nitrogens with one attached hydrogen (secondary N) is 1. The van der Waals surface area contributed by atoms with Crippen LogP contribution in [0.5, 0.6) is 0 Å². The first-order valence-corrected chi connectivity index (χ1v) is 5.96. The molecule has 0 saturated carbocycles. The molecule has 0 amide bonds. The highest BCUT2D eigenvalue weighted by molar-refractivity contribution is 5.94.